The average Bonchev–Trinajstić information content (AvgIpc) is 3.04. The summed E-state index contributed by atoms with van der Waals surface area (Å²) in [5, 5.41) is 3.99. The minimum absolute atomic E-state index is 0.0368. The molecule has 1 heterocycles. The molecule has 1 amide bonds. The van der Waals surface area contributed by atoms with Gasteiger partial charge in [-0.25, -0.2) is 13.1 Å². The lowest BCUT2D eigenvalue weighted by Crippen LogP contribution is -2.37. The summed E-state index contributed by atoms with van der Waals surface area (Å²) in [4.78, 5) is 16.9. The van der Waals surface area contributed by atoms with Gasteiger partial charge in [0.1, 0.15) is 6.10 Å². The third-order valence-electron chi connectivity index (χ3n) is 4.58. The number of hydrogen-bond donors (Lipinski definition) is 1. The third-order valence-corrected chi connectivity index (χ3v) is 5.97. The van der Waals surface area contributed by atoms with Crippen LogP contribution in [0.2, 0.25) is 0 Å². The highest BCUT2D eigenvalue weighted by molar-refractivity contribution is 7.90. The Morgan fingerprint density at radius 2 is 1.73 bits per heavy atom. The van der Waals surface area contributed by atoms with Gasteiger partial charge in [-0.05, 0) is 30.2 Å². The minimum Gasteiger partial charge on any atom is -0.391 e. The van der Waals surface area contributed by atoms with Crippen LogP contribution in [0.25, 0.3) is 0 Å². The second-order valence-electron chi connectivity index (χ2n) is 6.12. The maximum atomic E-state index is 12.3. The maximum absolute atomic E-state index is 12.3. The average molecular weight is 372 g/mol. The number of hydrogen-bond acceptors (Lipinski definition) is 5. The third kappa shape index (κ3) is 3.10. The molecule has 1 aliphatic rings. The van der Waals surface area contributed by atoms with Gasteiger partial charge in [0.05, 0.1) is 16.5 Å². The molecule has 136 valence electrons. The predicted molar refractivity (Wildman–Crippen MR) is 98.3 cm³/mol. The lowest BCUT2D eigenvalue weighted by atomic mass is 9.72. The first-order chi connectivity index (χ1) is 12.4. The summed E-state index contributed by atoms with van der Waals surface area (Å²) in [6, 6.07) is 16.2. The van der Waals surface area contributed by atoms with Crippen molar-refractivity contribution in [3.05, 3.63) is 65.7 Å². The van der Waals surface area contributed by atoms with Crippen LogP contribution in [-0.4, -0.2) is 26.6 Å². The number of carbonyl (C=O) groups is 1. The van der Waals surface area contributed by atoms with E-state index in [9.17, 15) is 13.2 Å². The maximum Gasteiger partial charge on any atom is 0.264 e. The van der Waals surface area contributed by atoms with E-state index in [2.05, 4.69) is 5.16 Å². The lowest BCUT2D eigenvalue weighted by Gasteiger charge is -2.30. The molecule has 0 aliphatic carbocycles. The molecule has 0 bridgehead atoms. The molecule has 0 radical (unpaired) electrons. The largest absolute Gasteiger partial charge is 0.391 e. The molecule has 2 aromatic carbocycles. The fourth-order valence-corrected chi connectivity index (χ4v) is 4.14. The van der Waals surface area contributed by atoms with Gasteiger partial charge in [-0.3, -0.25) is 4.79 Å². The van der Waals surface area contributed by atoms with E-state index in [0.29, 0.717) is 0 Å². The van der Waals surface area contributed by atoms with Gasteiger partial charge in [0.25, 0.3) is 10.0 Å². The molecule has 0 saturated heterocycles. The zero-order valence-electron chi connectivity index (χ0n) is 14.5. The molecule has 6 nitrogen and oxygen atoms in total. The smallest absolute Gasteiger partial charge is 0.264 e. The first-order valence-electron chi connectivity index (χ1n) is 8.32. The van der Waals surface area contributed by atoms with Crippen molar-refractivity contribution >= 4 is 22.1 Å². The number of nitrogens with one attached hydrogen (secondary N) is 1. The van der Waals surface area contributed by atoms with E-state index in [1.54, 1.807) is 25.3 Å². The second-order valence-corrected chi connectivity index (χ2v) is 7.81. The molecule has 2 atom stereocenters. The van der Waals surface area contributed by atoms with Crippen molar-refractivity contribution in [3.63, 3.8) is 0 Å². The van der Waals surface area contributed by atoms with Crippen LogP contribution in [0.1, 0.15) is 31.4 Å². The first kappa shape index (κ1) is 18.1. The molecule has 0 fully saturated rings. The predicted octanol–water partition coefficient (Wildman–Crippen LogP) is 2.59. The Morgan fingerprint density at radius 1 is 1.12 bits per heavy atom. The van der Waals surface area contributed by atoms with E-state index >= 15 is 0 Å². The fraction of sp³-hybridized carbons (Fsp3) is 0.263. The zero-order valence-corrected chi connectivity index (χ0v) is 15.4. The van der Waals surface area contributed by atoms with Crippen LogP contribution in [0.3, 0.4) is 0 Å². The van der Waals surface area contributed by atoms with Crippen molar-refractivity contribution < 1.29 is 18.0 Å². The van der Waals surface area contributed by atoms with Crippen LogP contribution in [0.5, 0.6) is 0 Å². The number of oxime groups is 1. The van der Waals surface area contributed by atoms with Crippen LogP contribution < -0.4 is 4.72 Å². The molecule has 2 unspecified atom stereocenters. The Bertz CT molecular complexity index is 924. The van der Waals surface area contributed by atoms with E-state index in [0.717, 1.165) is 11.1 Å². The molecular formula is C19H20N2O4S. The molecule has 3 rings (SSSR count). The van der Waals surface area contributed by atoms with Crippen LogP contribution >= 0.6 is 0 Å². The number of amides is 1. The highest BCUT2D eigenvalue weighted by atomic mass is 32.2. The van der Waals surface area contributed by atoms with Crippen LogP contribution in [0, 0.1) is 0 Å². The van der Waals surface area contributed by atoms with E-state index < -0.39 is 21.3 Å². The van der Waals surface area contributed by atoms with Crippen molar-refractivity contribution in [2.75, 3.05) is 0 Å². The second kappa shape index (κ2) is 6.92. The number of rotatable bonds is 5. The van der Waals surface area contributed by atoms with Crippen LogP contribution in [0.15, 0.2) is 64.6 Å². The van der Waals surface area contributed by atoms with Crippen molar-refractivity contribution in [2.45, 2.75) is 36.7 Å². The van der Waals surface area contributed by atoms with Gasteiger partial charge >= 0.3 is 0 Å². The van der Waals surface area contributed by atoms with E-state index in [1.165, 1.54) is 12.1 Å². The Kier molecular flexibility index (Phi) is 4.82. The number of benzene rings is 2. The molecule has 0 aromatic heterocycles. The lowest BCUT2D eigenvalue weighted by molar-refractivity contribution is -0.119. The molecule has 0 saturated carbocycles. The summed E-state index contributed by atoms with van der Waals surface area (Å²) in [6.07, 6.45) is 1.60. The highest BCUT2D eigenvalue weighted by Gasteiger charge is 2.44. The fourth-order valence-electron chi connectivity index (χ4n) is 3.08. The van der Waals surface area contributed by atoms with E-state index in [4.69, 9.17) is 4.84 Å². The minimum atomic E-state index is -3.87. The number of nitrogens with zero attached hydrogens (tertiary/aromatic N) is 1. The van der Waals surface area contributed by atoms with Gasteiger partial charge in [0.15, 0.2) is 0 Å². The van der Waals surface area contributed by atoms with E-state index in [-0.39, 0.29) is 17.4 Å². The molecule has 1 N–H and O–H groups in total. The topological polar surface area (TPSA) is 84.8 Å². The van der Waals surface area contributed by atoms with E-state index in [1.807, 2.05) is 42.0 Å². The Morgan fingerprint density at radius 3 is 2.27 bits per heavy atom. The molecular weight excluding hydrogens is 352 g/mol. The number of carbonyl (C=O) groups excluding carboxylic acids is 1. The Labute approximate surface area is 152 Å². The quantitative estimate of drug-likeness (QED) is 0.874. The summed E-state index contributed by atoms with van der Waals surface area (Å²) >= 11 is 0. The van der Waals surface area contributed by atoms with Crippen LogP contribution in [-0.2, 0) is 25.1 Å². The van der Waals surface area contributed by atoms with Crippen molar-refractivity contribution in [3.8, 4) is 0 Å². The van der Waals surface area contributed by atoms with Gasteiger partial charge in [-0.2, -0.15) is 0 Å². The van der Waals surface area contributed by atoms with Crippen molar-refractivity contribution in [1.82, 2.24) is 4.72 Å². The summed E-state index contributed by atoms with van der Waals surface area (Å²) in [7, 11) is -3.87. The standard InChI is InChI=1S/C19H20N2O4S/c1-3-18(22)21-26(23,24)17-11-9-16(10-12-17)19(13-20-25-14(19)2)15-7-5-4-6-8-15/h4-14H,3H2,1-2H3,(H,21,22). The van der Waals surface area contributed by atoms with Gasteiger partial charge in [-0.1, -0.05) is 54.5 Å². The molecule has 0 spiro atoms. The SMILES string of the molecule is CCC(=O)NS(=O)(=O)c1ccc(C2(c3ccccc3)C=NOC2C)cc1. The van der Waals surface area contributed by atoms with Gasteiger partial charge in [0, 0.05) is 6.42 Å². The van der Waals surface area contributed by atoms with Gasteiger partial charge in [0.2, 0.25) is 5.91 Å². The van der Waals surface area contributed by atoms with Gasteiger partial charge in [-0.15, -0.1) is 0 Å². The summed E-state index contributed by atoms with van der Waals surface area (Å²) in [5.41, 5.74) is 1.26. The summed E-state index contributed by atoms with van der Waals surface area (Å²) < 4.78 is 26.6. The van der Waals surface area contributed by atoms with Crippen LogP contribution in [0.4, 0.5) is 0 Å². The van der Waals surface area contributed by atoms with Crippen molar-refractivity contribution in [1.29, 1.82) is 0 Å². The number of sulfonamides is 1. The Balaban J connectivity index is 2.01. The Hall–Kier alpha value is -2.67. The summed E-state index contributed by atoms with van der Waals surface area (Å²) in [5.74, 6) is -0.542. The molecule has 2 aromatic rings. The zero-order chi connectivity index (χ0) is 18.8. The summed E-state index contributed by atoms with van der Waals surface area (Å²) in [6.45, 7) is 3.52. The van der Waals surface area contributed by atoms with Crippen molar-refractivity contribution in [2.24, 2.45) is 5.16 Å². The van der Waals surface area contributed by atoms with Gasteiger partial charge < -0.3 is 4.84 Å². The monoisotopic (exact) mass is 372 g/mol. The highest BCUT2D eigenvalue weighted by Crippen LogP contribution is 2.39. The normalized spacial score (nSPS) is 22.0. The molecule has 1 aliphatic heterocycles. The molecule has 7 heteroatoms. The first-order valence-corrected chi connectivity index (χ1v) is 9.80. The molecule has 26 heavy (non-hydrogen) atoms.